The summed E-state index contributed by atoms with van der Waals surface area (Å²) in [4.78, 5) is 5.32. The molecule has 1 aromatic carbocycles. The van der Waals surface area contributed by atoms with Gasteiger partial charge in [0.1, 0.15) is 11.5 Å². The number of aromatic nitrogens is 2. The van der Waals surface area contributed by atoms with Gasteiger partial charge in [0.15, 0.2) is 4.96 Å². The predicted octanol–water partition coefficient (Wildman–Crippen LogP) is 2.88. The number of hydrogen-bond acceptors (Lipinski definition) is 4. The van der Waals surface area contributed by atoms with Crippen molar-refractivity contribution in [3.05, 3.63) is 52.9 Å². The Morgan fingerprint density at radius 3 is 3.05 bits per heavy atom. The van der Waals surface area contributed by atoms with Crippen LogP contribution in [0.4, 0.5) is 4.39 Å². The molecule has 0 unspecified atom stereocenters. The van der Waals surface area contributed by atoms with Crippen LogP contribution in [0.5, 0.6) is 5.88 Å². The van der Waals surface area contributed by atoms with Crippen molar-refractivity contribution in [3.63, 3.8) is 0 Å². The highest BCUT2D eigenvalue weighted by molar-refractivity contribution is 7.15. The number of methoxy groups -OCH3 is 1. The summed E-state index contributed by atoms with van der Waals surface area (Å²) in [6, 6.07) is 6.86. The Morgan fingerprint density at radius 2 is 2.24 bits per heavy atom. The fourth-order valence-corrected chi connectivity index (χ4v) is 2.99. The molecule has 2 heterocycles. The zero-order valence-electron chi connectivity index (χ0n) is 11.7. The van der Waals surface area contributed by atoms with Crippen molar-refractivity contribution in [2.75, 3.05) is 13.7 Å². The maximum atomic E-state index is 13.5. The van der Waals surface area contributed by atoms with Gasteiger partial charge >= 0.3 is 0 Å². The largest absolute Gasteiger partial charge is 0.480 e. The highest BCUT2D eigenvalue weighted by Gasteiger charge is 2.12. The summed E-state index contributed by atoms with van der Waals surface area (Å²) in [5, 5.41) is 5.31. The topological polar surface area (TPSA) is 38.6 Å². The van der Waals surface area contributed by atoms with Crippen LogP contribution in [0.1, 0.15) is 11.3 Å². The molecule has 0 amide bonds. The molecule has 0 aliphatic carbocycles. The zero-order valence-corrected chi connectivity index (χ0v) is 12.5. The molecule has 1 N–H and O–H groups in total. The first kappa shape index (κ1) is 14.0. The quantitative estimate of drug-likeness (QED) is 0.712. The molecule has 3 rings (SSSR count). The highest BCUT2D eigenvalue weighted by atomic mass is 32.1. The molecule has 0 radical (unpaired) electrons. The van der Waals surface area contributed by atoms with Crippen LogP contribution < -0.4 is 10.1 Å². The molecule has 0 saturated carbocycles. The lowest BCUT2D eigenvalue weighted by Crippen LogP contribution is -2.18. The molecule has 0 atom stereocenters. The summed E-state index contributed by atoms with van der Waals surface area (Å²) < 4.78 is 20.8. The van der Waals surface area contributed by atoms with Crippen LogP contribution in [0.3, 0.4) is 0 Å². The van der Waals surface area contributed by atoms with E-state index in [4.69, 9.17) is 4.74 Å². The maximum absolute atomic E-state index is 13.5. The van der Waals surface area contributed by atoms with Crippen molar-refractivity contribution in [3.8, 4) is 5.88 Å². The number of fused-ring (bicyclic) bond motifs is 1. The Labute approximate surface area is 126 Å². The minimum Gasteiger partial charge on any atom is -0.480 e. The lowest BCUT2D eigenvalue weighted by Gasteiger charge is -2.06. The minimum absolute atomic E-state index is 0.151. The summed E-state index contributed by atoms with van der Waals surface area (Å²) >= 11 is 1.57. The Kier molecular flexibility index (Phi) is 4.17. The highest BCUT2D eigenvalue weighted by Crippen LogP contribution is 2.22. The van der Waals surface area contributed by atoms with Crippen LogP contribution in [0.2, 0.25) is 0 Å². The number of thiazole rings is 1. The van der Waals surface area contributed by atoms with E-state index >= 15 is 0 Å². The third-order valence-electron chi connectivity index (χ3n) is 3.34. The van der Waals surface area contributed by atoms with Crippen LogP contribution in [-0.4, -0.2) is 23.0 Å². The van der Waals surface area contributed by atoms with Crippen LogP contribution in [0.25, 0.3) is 4.96 Å². The van der Waals surface area contributed by atoms with Gasteiger partial charge in [0.05, 0.1) is 7.11 Å². The number of nitrogens with zero attached hydrogens (tertiary/aromatic N) is 2. The van der Waals surface area contributed by atoms with E-state index in [1.54, 1.807) is 24.5 Å². The lowest BCUT2D eigenvalue weighted by molar-refractivity contribution is 0.393. The fraction of sp³-hybridized carbons (Fsp3) is 0.267. The van der Waals surface area contributed by atoms with Crippen molar-refractivity contribution in [1.82, 2.24) is 14.7 Å². The third-order valence-corrected chi connectivity index (χ3v) is 4.10. The van der Waals surface area contributed by atoms with E-state index in [0.29, 0.717) is 25.4 Å². The Morgan fingerprint density at radius 1 is 1.38 bits per heavy atom. The minimum atomic E-state index is -0.151. The second-order valence-electron chi connectivity index (χ2n) is 4.64. The van der Waals surface area contributed by atoms with E-state index in [2.05, 4.69) is 10.3 Å². The van der Waals surface area contributed by atoms with Gasteiger partial charge in [-0.25, -0.2) is 4.39 Å². The smallest absolute Gasteiger partial charge is 0.237 e. The van der Waals surface area contributed by atoms with E-state index in [1.807, 2.05) is 28.1 Å². The summed E-state index contributed by atoms with van der Waals surface area (Å²) in [5.74, 6) is 0.488. The van der Waals surface area contributed by atoms with Gasteiger partial charge in [0, 0.05) is 18.1 Å². The van der Waals surface area contributed by atoms with Crippen molar-refractivity contribution >= 4 is 16.3 Å². The van der Waals surface area contributed by atoms with E-state index in [1.165, 1.54) is 6.07 Å². The molecule has 2 aromatic heterocycles. The van der Waals surface area contributed by atoms with Crippen LogP contribution in [0.15, 0.2) is 35.8 Å². The third kappa shape index (κ3) is 2.91. The molecule has 21 heavy (non-hydrogen) atoms. The maximum Gasteiger partial charge on any atom is 0.237 e. The van der Waals surface area contributed by atoms with E-state index in [9.17, 15) is 4.39 Å². The molecule has 0 fully saturated rings. The van der Waals surface area contributed by atoms with Gasteiger partial charge in [0.2, 0.25) is 5.88 Å². The van der Waals surface area contributed by atoms with Crippen LogP contribution in [-0.2, 0) is 13.0 Å². The Hall–Kier alpha value is -1.92. The first-order chi connectivity index (χ1) is 10.3. The lowest BCUT2D eigenvalue weighted by atomic mass is 10.1. The van der Waals surface area contributed by atoms with Crippen molar-refractivity contribution in [2.24, 2.45) is 0 Å². The second kappa shape index (κ2) is 6.24. The van der Waals surface area contributed by atoms with Gasteiger partial charge in [0.25, 0.3) is 0 Å². The Balaban J connectivity index is 1.62. The summed E-state index contributed by atoms with van der Waals surface area (Å²) in [6.45, 7) is 1.33. The fourth-order valence-electron chi connectivity index (χ4n) is 2.27. The normalized spacial score (nSPS) is 11.1. The molecular weight excluding hydrogens is 289 g/mol. The number of rotatable bonds is 6. The molecular formula is C15H16FN3OS. The van der Waals surface area contributed by atoms with Gasteiger partial charge in [-0.1, -0.05) is 18.2 Å². The van der Waals surface area contributed by atoms with Gasteiger partial charge in [-0.3, -0.25) is 4.40 Å². The van der Waals surface area contributed by atoms with Gasteiger partial charge in [-0.15, -0.1) is 11.3 Å². The number of nitrogens with one attached hydrogen (secondary N) is 1. The van der Waals surface area contributed by atoms with E-state index in [0.717, 1.165) is 16.2 Å². The van der Waals surface area contributed by atoms with Crippen LogP contribution >= 0.6 is 11.3 Å². The van der Waals surface area contributed by atoms with Gasteiger partial charge in [-0.2, -0.15) is 4.98 Å². The molecule has 0 aliphatic rings. The zero-order chi connectivity index (χ0) is 14.7. The summed E-state index contributed by atoms with van der Waals surface area (Å²) in [7, 11) is 1.62. The molecule has 6 heteroatoms. The van der Waals surface area contributed by atoms with Crippen molar-refractivity contribution < 1.29 is 9.13 Å². The number of ether oxygens (including phenoxy) is 1. The average molecular weight is 305 g/mol. The first-order valence-electron chi connectivity index (χ1n) is 6.72. The van der Waals surface area contributed by atoms with Gasteiger partial charge < -0.3 is 10.1 Å². The van der Waals surface area contributed by atoms with Gasteiger partial charge in [-0.05, 0) is 24.6 Å². The molecule has 0 bridgehead atoms. The van der Waals surface area contributed by atoms with E-state index in [-0.39, 0.29) is 5.82 Å². The first-order valence-corrected chi connectivity index (χ1v) is 7.60. The predicted molar refractivity (Wildman–Crippen MR) is 81.4 cm³/mol. The standard InChI is InChI=1S/C15H16FN3OS/c1-20-14-13(19-8-9-21-15(19)18-14)10-17-7-6-11-4-2-3-5-12(11)16/h2-5,8-9,17H,6-7,10H2,1H3. The molecule has 4 nitrogen and oxygen atoms in total. The average Bonchev–Trinajstić information content (AvgIpc) is 3.06. The summed E-state index contributed by atoms with van der Waals surface area (Å²) in [6.07, 6.45) is 2.63. The SMILES string of the molecule is COc1nc2sccn2c1CNCCc1ccccc1F. The van der Waals surface area contributed by atoms with Crippen molar-refractivity contribution in [2.45, 2.75) is 13.0 Å². The van der Waals surface area contributed by atoms with E-state index < -0.39 is 0 Å². The second-order valence-corrected chi connectivity index (χ2v) is 5.51. The molecule has 0 spiro atoms. The number of imidazole rings is 1. The molecule has 0 aliphatic heterocycles. The number of hydrogen-bond donors (Lipinski definition) is 1. The molecule has 110 valence electrons. The summed E-state index contributed by atoms with van der Waals surface area (Å²) in [5.41, 5.74) is 1.72. The number of benzene rings is 1. The van der Waals surface area contributed by atoms with Crippen molar-refractivity contribution in [1.29, 1.82) is 0 Å². The molecule has 3 aromatic rings. The van der Waals surface area contributed by atoms with Crippen LogP contribution in [0, 0.1) is 5.82 Å². The monoisotopic (exact) mass is 305 g/mol. The number of halogens is 1. The Bertz CT molecular complexity index is 737. The molecule has 0 saturated heterocycles.